The van der Waals surface area contributed by atoms with Gasteiger partial charge in [0, 0.05) is 24.7 Å². The molecule has 1 aromatic carbocycles. The van der Waals surface area contributed by atoms with E-state index in [9.17, 15) is 4.79 Å². The molecule has 20 heavy (non-hydrogen) atoms. The number of nitrogens with one attached hydrogen (secondary N) is 3. The number of H-pyrrole nitrogens is 1. The topological polar surface area (TPSA) is 56.9 Å². The van der Waals surface area contributed by atoms with Gasteiger partial charge < -0.3 is 15.6 Å². The van der Waals surface area contributed by atoms with Gasteiger partial charge in [-0.3, -0.25) is 4.79 Å². The van der Waals surface area contributed by atoms with Gasteiger partial charge in [0.25, 0.3) is 5.91 Å². The molecule has 1 unspecified atom stereocenters. The van der Waals surface area contributed by atoms with Crippen LogP contribution in [0.4, 0.5) is 0 Å². The molecule has 0 aliphatic carbocycles. The van der Waals surface area contributed by atoms with E-state index >= 15 is 0 Å². The smallest absolute Gasteiger partial charge is 0.253 e. The minimum Gasteiger partial charge on any atom is -0.361 e. The van der Waals surface area contributed by atoms with Gasteiger partial charge in [-0.25, -0.2) is 0 Å². The highest BCUT2D eigenvalue weighted by molar-refractivity contribution is 6.05. The van der Waals surface area contributed by atoms with Crippen LogP contribution in [0.2, 0.25) is 0 Å². The van der Waals surface area contributed by atoms with E-state index in [4.69, 9.17) is 0 Å². The molecule has 4 heteroatoms. The first-order valence-corrected chi connectivity index (χ1v) is 7.23. The van der Waals surface area contributed by atoms with Crippen molar-refractivity contribution in [3.8, 4) is 0 Å². The second-order valence-corrected chi connectivity index (χ2v) is 6.02. The lowest BCUT2D eigenvalue weighted by Crippen LogP contribution is -2.45. The van der Waals surface area contributed by atoms with Gasteiger partial charge >= 0.3 is 0 Å². The molecular weight excluding hydrogens is 250 g/mol. The van der Waals surface area contributed by atoms with Gasteiger partial charge in [0.2, 0.25) is 0 Å². The van der Waals surface area contributed by atoms with Crippen LogP contribution < -0.4 is 10.6 Å². The second kappa shape index (κ2) is 5.29. The summed E-state index contributed by atoms with van der Waals surface area (Å²) in [5.74, 6) is 0.00449. The second-order valence-electron chi connectivity index (χ2n) is 6.02. The van der Waals surface area contributed by atoms with Crippen molar-refractivity contribution in [3.63, 3.8) is 0 Å². The van der Waals surface area contributed by atoms with Gasteiger partial charge in [-0.1, -0.05) is 19.1 Å². The average molecular weight is 271 g/mol. The first-order chi connectivity index (χ1) is 9.68. The number of para-hydroxylation sites is 1. The SMILES string of the molecule is CC1(CNC(=O)c2cccc3cc[nH]c23)CCCNC1. The Morgan fingerprint density at radius 3 is 3.10 bits per heavy atom. The molecule has 0 spiro atoms. The number of benzene rings is 1. The Morgan fingerprint density at radius 1 is 1.40 bits per heavy atom. The third-order valence-electron chi connectivity index (χ3n) is 4.19. The number of carbonyl (C=O) groups is 1. The van der Waals surface area contributed by atoms with Crippen molar-refractivity contribution in [1.82, 2.24) is 15.6 Å². The van der Waals surface area contributed by atoms with Crippen LogP contribution in [0.25, 0.3) is 10.9 Å². The lowest BCUT2D eigenvalue weighted by Gasteiger charge is -2.34. The Hall–Kier alpha value is -1.81. The van der Waals surface area contributed by atoms with Crippen molar-refractivity contribution in [2.24, 2.45) is 5.41 Å². The quantitative estimate of drug-likeness (QED) is 0.802. The van der Waals surface area contributed by atoms with Crippen LogP contribution in [0.1, 0.15) is 30.1 Å². The molecule has 1 fully saturated rings. The van der Waals surface area contributed by atoms with E-state index in [1.807, 2.05) is 30.5 Å². The maximum Gasteiger partial charge on any atom is 0.253 e. The number of rotatable bonds is 3. The molecule has 1 amide bonds. The Balaban J connectivity index is 1.71. The molecule has 0 radical (unpaired) electrons. The predicted molar refractivity (Wildman–Crippen MR) is 80.8 cm³/mol. The number of hydrogen-bond acceptors (Lipinski definition) is 2. The third-order valence-corrected chi connectivity index (χ3v) is 4.19. The van der Waals surface area contributed by atoms with Crippen LogP contribution in [-0.2, 0) is 0 Å². The van der Waals surface area contributed by atoms with E-state index in [1.165, 1.54) is 6.42 Å². The normalized spacial score (nSPS) is 22.9. The number of amides is 1. The first-order valence-electron chi connectivity index (χ1n) is 7.23. The minimum atomic E-state index is 0.00449. The van der Waals surface area contributed by atoms with Crippen LogP contribution in [0, 0.1) is 5.41 Å². The molecule has 106 valence electrons. The van der Waals surface area contributed by atoms with Crippen molar-refractivity contribution in [1.29, 1.82) is 0 Å². The van der Waals surface area contributed by atoms with Crippen LogP contribution in [0.15, 0.2) is 30.5 Å². The molecule has 1 aliphatic rings. The third kappa shape index (κ3) is 2.56. The van der Waals surface area contributed by atoms with E-state index in [0.717, 1.165) is 42.5 Å². The fraction of sp³-hybridized carbons (Fsp3) is 0.438. The highest BCUT2D eigenvalue weighted by Crippen LogP contribution is 2.24. The maximum atomic E-state index is 12.4. The molecule has 3 N–H and O–H groups in total. The van der Waals surface area contributed by atoms with E-state index in [1.54, 1.807) is 0 Å². The predicted octanol–water partition coefficient (Wildman–Crippen LogP) is 2.29. The molecule has 1 saturated heterocycles. The summed E-state index contributed by atoms with van der Waals surface area (Å²) >= 11 is 0. The molecule has 0 bridgehead atoms. The van der Waals surface area contributed by atoms with Gasteiger partial charge in [0.05, 0.1) is 11.1 Å². The van der Waals surface area contributed by atoms with Crippen LogP contribution >= 0.6 is 0 Å². The summed E-state index contributed by atoms with van der Waals surface area (Å²) in [6, 6.07) is 7.79. The highest BCUT2D eigenvalue weighted by atomic mass is 16.1. The molecule has 0 saturated carbocycles. The first kappa shape index (κ1) is 13.2. The van der Waals surface area contributed by atoms with Crippen LogP contribution in [-0.4, -0.2) is 30.5 Å². The number of carbonyl (C=O) groups excluding carboxylic acids is 1. The largest absolute Gasteiger partial charge is 0.361 e. The van der Waals surface area contributed by atoms with Gasteiger partial charge in [-0.15, -0.1) is 0 Å². The van der Waals surface area contributed by atoms with Crippen LogP contribution in [0.5, 0.6) is 0 Å². The molecule has 3 rings (SSSR count). The summed E-state index contributed by atoms with van der Waals surface area (Å²) in [6.45, 7) is 5.01. The lowest BCUT2D eigenvalue weighted by atomic mass is 9.83. The van der Waals surface area contributed by atoms with E-state index < -0.39 is 0 Å². The number of piperidine rings is 1. The number of aromatic nitrogens is 1. The van der Waals surface area contributed by atoms with Crippen molar-refractivity contribution in [3.05, 3.63) is 36.0 Å². The number of hydrogen-bond donors (Lipinski definition) is 3. The zero-order valence-corrected chi connectivity index (χ0v) is 11.8. The molecule has 1 aliphatic heterocycles. The van der Waals surface area contributed by atoms with Gasteiger partial charge in [-0.05, 0) is 36.9 Å². The Labute approximate surface area is 118 Å². The average Bonchev–Trinajstić information content (AvgIpc) is 2.94. The van der Waals surface area contributed by atoms with Crippen molar-refractivity contribution in [2.75, 3.05) is 19.6 Å². The molecule has 2 aromatic rings. The van der Waals surface area contributed by atoms with Gasteiger partial charge in [0.15, 0.2) is 0 Å². The molecule has 2 heterocycles. The van der Waals surface area contributed by atoms with Crippen molar-refractivity contribution < 1.29 is 4.79 Å². The van der Waals surface area contributed by atoms with Gasteiger partial charge in [0.1, 0.15) is 0 Å². The van der Waals surface area contributed by atoms with E-state index in [2.05, 4.69) is 22.5 Å². The standard InChI is InChI=1S/C16H21N3O/c1-16(7-3-8-17-10-16)11-19-15(20)13-5-2-4-12-6-9-18-14(12)13/h2,4-6,9,17-18H,3,7-8,10-11H2,1H3,(H,19,20). The zero-order valence-electron chi connectivity index (χ0n) is 11.8. The van der Waals surface area contributed by atoms with Crippen molar-refractivity contribution in [2.45, 2.75) is 19.8 Å². The summed E-state index contributed by atoms with van der Waals surface area (Å²) in [4.78, 5) is 15.5. The summed E-state index contributed by atoms with van der Waals surface area (Å²) < 4.78 is 0. The number of fused-ring (bicyclic) bond motifs is 1. The summed E-state index contributed by atoms with van der Waals surface area (Å²) in [6.07, 6.45) is 4.21. The molecule has 1 atom stereocenters. The minimum absolute atomic E-state index is 0.00449. The molecular formula is C16H21N3O. The van der Waals surface area contributed by atoms with Crippen LogP contribution in [0.3, 0.4) is 0 Å². The maximum absolute atomic E-state index is 12.4. The Morgan fingerprint density at radius 2 is 2.30 bits per heavy atom. The fourth-order valence-electron chi connectivity index (χ4n) is 2.93. The monoisotopic (exact) mass is 271 g/mol. The molecule has 4 nitrogen and oxygen atoms in total. The zero-order chi connectivity index (χ0) is 14.0. The lowest BCUT2D eigenvalue weighted by molar-refractivity contribution is 0.0926. The Kier molecular flexibility index (Phi) is 3.49. The number of aromatic amines is 1. The fourth-order valence-corrected chi connectivity index (χ4v) is 2.93. The highest BCUT2D eigenvalue weighted by Gasteiger charge is 2.27. The van der Waals surface area contributed by atoms with E-state index in [0.29, 0.717) is 0 Å². The van der Waals surface area contributed by atoms with E-state index in [-0.39, 0.29) is 11.3 Å². The summed E-state index contributed by atoms with van der Waals surface area (Å²) in [5.41, 5.74) is 1.80. The Bertz CT molecular complexity index is 611. The summed E-state index contributed by atoms with van der Waals surface area (Å²) in [7, 11) is 0. The van der Waals surface area contributed by atoms with Gasteiger partial charge in [-0.2, -0.15) is 0 Å². The molecule has 1 aromatic heterocycles. The summed E-state index contributed by atoms with van der Waals surface area (Å²) in [5, 5.41) is 7.57. The van der Waals surface area contributed by atoms with Crippen molar-refractivity contribution >= 4 is 16.8 Å².